The summed E-state index contributed by atoms with van der Waals surface area (Å²) in [6, 6.07) is 10.2. The highest BCUT2D eigenvalue weighted by Gasteiger charge is 2.07. The fraction of sp³-hybridized carbons (Fsp3) is 0.125. The van der Waals surface area contributed by atoms with Crippen molar-refractivity contribution in [2.24, 2.45) is 0 Å². The first-order valence-electron chi connectivity index (χ1n) is 6.60. The van der Waals surface area contributed by atoms with Gasteiger partial charge in [0.15, 0.2) is 0 Å². The molecular weight excluding hydrogens is 323 g/mol. The standard InChI is InChI=1S/C16H12Cl2N2O2/c1-10-3-2-6-20-15(21)8-12(19-16(10)20)9-22-14-5-4-11(17)7-13(14)18/h2-8H,9H2,1H3. The second-order valence-corrected chi connectivity index (χ2v) is 5.68. The Kier molecular flexibility index (Phi) is 4.05. The SMILES string of the molecule is Cc1cccn2c(=O)cc(COc3ccc(Cl)cc3Cl)nc12. The van der Waals surface area contributed by atoms with Gasteiger partial charge in [0.2, 0.25) is 0 Å². The number of pyridine rings is 1. The van der Waals surface area contributed by atoms with Gasteiger partial charge in [-0.25, -0.2) is 4.98 Å². The fourth-order valence-electron chi connectivity index (χ4n) is 2.13. The molecule has 0 saturated heterocycles. The molecule has 0 atom stereocenters. The van der Waals surface area contributed by atoms with Gasteiger partial charge >= 0.3 is 0 Å². The minimum Gasteiger partial charge on any atom is -0.486 e. The molecule has 1 aromatic carbocycles. The van der Waals surface area contributed by atoms with Gasteiger partial charge in [-0.05, 0) is 36.8 Å². The summed E-state index contributed by atoms with van der Waals surface area (Å²) in [5, 5.41) is 0.955. The largest absolute Gasteiger partial charge is 0.486 e. The molecule has 4 nitrogen and oxygen atoms in total. The lowest BCUT2D eigenvalue weighted by Gasteiger charge is -2.09. The van der Waals surface area contributed by atoms with Crippen molar-refractivity contribution < 1.29 is 4.74 Å². The third-order valence-electron chi connectivity index (χ3n) is 3.21. The number of aryl methyl sites for hydroxylation is 1. The minimum atomic E-state index is -0.144. The van der Waals surface area contributed by atoms with Crippen LogP contribution in [-0.2, 0) is 6.61 Å². The van der Waals surface area contributed by atoms with Gasteiger partial charge in [-0.2, -0.15) is 0 Å². The highest BCUT2D eigenvalue weighted by molar-refractivity contribution is 6.35. The first-order valence-corrected chi connectivity index (χ1v) is 7.36. The predicted molar refractivity (Wildman–Crippen MR) is 87.0 cm³/mol. The second-order valence-electron chi connectivity index (χ2n) is 4.83. The summed E-state index contributed by atoms with van der Waals surface area (Å²) in [5.74, 6) is 0.498. The molecule has 22 heavy (non-hydrogen) atoms. The van der Waals surface area contributed by atoms with Crippen LogP contribution in [0.2, 0.25) is 10.0 Å². The van der Waals surface area contributed by atoms with E-state index >= 15 is 0 Å². The predicted octanol–water partition coefficient (Wildman–Crippen LogP) is 3.89. The number of rotatable bonds is 3. The number of fused-ring (bicyclic) bond motifs is 1. The Bertz CT molecular complexity index is 906. The van der Waals surface area contributed by atoms with Gasteiger partial charge < -0.3 is 4.74 Å². The summed E-state index contributed by atoms with van der Waals surface area (Å²) < 4.78 is 7.13. The van der Waals surface area contributed by atoms with Gasteiger partial charge in [-0.1, -0.05) is 29.3 Å². The molecule has 3 aromatic rings. The van der Waals surface area contributed by atoms with Crippen LogP contribution in [0.1, 0.15) is 11.3 Å². The van der Waals surface area contributed by atoms with Gasteiger partial charge in [-0.3, -0.25) is 9.20 Å². The molecule has 0 N–H and O–H groups in total. The van der Waals surface area contributed by atoms with Crippen molar-refractivity contribution in [3.8, 4) is 5.75 Å². The Balaban J connectivity index is 1.91. The Morgan fingerprint density at radius 1 is 1.23 bits per heavy atom. The van der Waals surface area contributed by atoms with E-state index in [-0.39, 0.29) is 12.2 Å². The van der Waals surface area contributed by atoms with Crippen LogP contribution >= 0.6 is 23.2 Å². The van der Waals surface area contributed by atoms with Crippen molar-refractivity contribution >= 4 is 28.8 Å². The number of aromatic nitrogens is 2. The first-order chi connectivity index (χ1) is 10.5. The van der Waals surface area contributed by atoms with Gasteiger partial charge in [0.05, 0.1) is 10.7 Å². The number of hydrogen-bond donors (Lipinski definition) is 0. The van der Waals surface area contributed by atoms with Crippen LogP contribution < -0.4 is 10.3 Å². The quantitative estimate of drug-likeness (QED) is 0.729. The summed E-state index contributed by atoms with van der Waals surface area (Å²) >= 11 is 11.9. The van der Waals surface area contributed by atoms with Crippen LogP contribution in [0.25, 0.3) is 5.65 Å². The molecule has 0 amide bonds. The summed E-state index contributed by atoms with van der Waals surface area (Å²) in [7, 11) is 0. The number of benzene rings is 1. The second kappa shape index (κ2) is 5.99. The molecular formula is C16H12Cl2N2O2. The van der Waals surface area contributed by atoms with Crippen molar-refractivity contribution in [3.05, 3.63) is 74.3 Å². The van der Waals surface area contributed by atoms with E-state index in [1.54, 1.807) is 24.4 Å². The maximum absolute atomic E-state index is 12.1. The molecule has 2 heterocycles. The van der Waals surface area contributed by atoms with Gasteiger partial charge in [-0.15, -0.1) is 0 Å². The zero-order valence-corrected chi connectivity index (χ0v) is 13.2. The zero-order chi connectivity index (χ0) is 15.7. The molecule has 2 aromatic heterocycles. The first kappa shape index (κ1) is 14.9. The van der Waals surface area contributed by atoms with Crippen molar-refractivity contribution in [2.75, 3.05) is 0 Å². The normalized spacial score (nSPS) is 10.9. The topological polar surface area (TPSA) is 43.6 Å². The van der Waals surface area contributed by atoms with Crippen molar-refractivity contribution in [1.82, 2.24) is 9.38 Å². The smallest absolute Gasteiger partial charge is 0.258 e. The third-order valence-corrected chi connectivity index (χ3v) is 3.74. The maximum atomic E-state index is 12.1. The molecule has 0 aliphatic carbocycles. The molecule has 0 saturated carbocycles. The molecule has 0 fully saturated rings. The molecule has 0 radical (unpaired) electrons. The molecule has 0 aliphatic rings. The Morgan fingerprint density at radius 3 is 2.82 bits per heavy atom. The van der Waals surface area contributed by atoms with E-state index in [9.17, 15) is 4.79 Å². The molecule has 0 unspecified atom stereocenters. The van der Waals surface area contributed by atoms with Crippen LogP contribution in [-0.4, -0.2) is 9.38 Å². The van der Waals surface area contributed by atoms with E-state index in [1.807, 2.05) is 19.1 Å². The Hall–Kier alpha value is -2.04. The number of ether oxygens (including phenoxy) is 1. The average Bonchev–Trinajstić information content (AvgIpc) is 2.47. The van der Waals surface area contributed by atoms with Crippen LogP contribution in [0, 0.1) is 6.92 Å². The summed E-state index contributed by atoms with van der Waals surface area (Å²) in [5.41, 5.74) is 1.95. The number of halogens is 2. The van der Waals surface area contributed by atoms with Crippen LogP contribution in [0.4, 0.5) is 0 Å². The molecule has 3 rings (SSSR count). The molecule has 6 heteroatoms. The number of nitrogens with zero attached hydrogens (tertiary/aromatic N) is 2. The van der Waals surface area contributed by atoms with E-state index in [2.05, 4.69) is 4.98 Å². The summed E-state index contributed by atoms with van der Waals surface area (Å²) in [6.45, 7) is 2.06. The zero-order valence-electron chi connectivity index (χ0n) is 11.7. The van der Waals surface area contributed by atoms with E-state index in [4.69, 9.17) is 27.9 Å². The molecule has 0 aliphatic heterocycles. The van der Waals surface area contributed by atoms with Crippen molar-refractivity contribution in [3.63, 3.8) is 0 Å². The van der Waals surface area contributed by atoms with Gasteiger partial charge in [0.25, 0.3) is 5.56 Å². The van der Waals surface area contributed by atoms with E-state index in [0.717, 1.165) is 5.56 Å². The fourth-order valence-corrected chi connectivity index (χ4v) is 2.59. The average molecular weight is 335 g/mol. The Labute approximate surface area is 136 Å². The van der Waals surface area contributed by atoms with E-state index in [0.29, 0.717) is 27.1 Å². The van der Waals surface area contributed by atoms with Gasteiger partial charge in [0.1, 0.15) is 18.0 Å². The van der Waals surface area contributed by atoms with Crippen molar-refractivity contribution in [2.45, 2.75) is 13.5 Å². The van der Waals surface area contributed by atoms with Crippen LogP contribution in [0.5, 0.6) is 5.75 Å². The van der Waals surface area contributed by atoms with E-state index in [1.165, 1.54) is 10.5 Å². The van der Waals surface area contributed by atoms with E-state index < -0.39 is 0 Å². The highest BCUT2D eigenvalue weighted by Crippen LogP contribution is 2.27. The molecule has 112 valence electrons. The van der Waals surface area contributed by atoms with Gasteiger partial charge in [0, 0.05) is 17.3 Å². The number of hydrogen-bond acceptors (Lipinski definition) is 3. The summed E-state index contributed by atoms with van der Waals surface area (Å²) in [4.78, 5) is 16.6. The minimum absolute atomic E-state index is 0.144. The molecule has 0 bridgehead atoms. The maximum Gasteiger partial charge on any atom is 0.258 e. The van der Waals surface area contributed by atoms with Crippen molar-refractivity contribution in [1.29, 1.82) is 0 Å². The lowest BCUT2D eigenvalue weighted by Crippen LogP contribution is -2.17. The van der Waals surface area contributed by atoms with Crippen LogP contribution in [0.3, 0.4) is 0 Å². The highest BCUT2D eigenvalue weighted by atomic mass is 35.5. The van der Waals surface area contributed by atoms with Crippen LogP contribution in [0.15, 0.2) is 47.4 Å². The molecule has 0 spiro atoms. The Morgan fingerprint density at radius 2 is 2.05 bits per heavy atom. The monoisotopic (exact) mass is 334 g/mol. The lowest BCUT2D eigenvalue weighted by atomic mass is 10.3. The summed E-state index contributed by atoms with van der Waals surface area (Å²) in [6.07, 6.45) is 1.69. The lowest BCUT2D eigenvalue weighted by molar-refractivity contribution is 0.301. The third kappa shape index (κ3) is 2.93.